The van der Waals surface area contributed by atoms with Gasteiger partial charge in [-0.3, -0.25) is 0 Å². The van der Waals surface area contributed by atoms with E-state index in [0.29, 0.717) is 41.0 Å². The molecule has 0 atom stereocenters. The molecule has 0 aromatic heterocycles. The zero-order chi connectivity index (χ0) is 59.3. The van der Waals surface area contributed by atoms with E-state index in [1.165, 1.54) is 0 Å². The van der Waals surface area contributed by atoms with Gasteiger partial charge in [0.25, 0.3) is 17.4 Å². The SMILES string of the molecule is CCOC(=O)C1(C(C)C)OCC(c2ccccc2)(c2ccccc2)CO1.CCOC(=O)C1(c2cccc(Cl)c2)OCC(c2ccccc2)(c2ccccc2)CO1.O=C(O)C1(c2cccc(Cl)c2)OCC(c2ccccc2)(c2ccccc2)CO1. The van der Waals surface area contributed by atoms with Crippen molar-refractivity contribution in [1.29, 1.82) is 0 Å². The molecule has 0 radical (unpaired) electrons. The number of carbonyl (C=O) groups is 3. The summed E-state index contributed by atoms with van der Waals surface area (Å²) >= 11 is 12.3. The highest BCUT2D eigenvalue weighted by Gasteiger charge is 2.56. The lowest BCUT2D eigenvalue weighted by Crippen LogP contribution is -2.59. The summed E-state index contributed by atoms with van der Waals surface area (Å²) in [5.74, 6) is -7.31. The monoisotopic (exact) mass is 1170 g/mol. The summed E-state index contributed by atoms with van der Waals surface area (Å²) in [6, 6.07) is 73.7. The van der Waals surface area contributed by atoms with Gasteiger partial charge in [0.2, 0.25) is 0 Å². The molecule has 434 valence electrons. The summed E-state index contributed by atoms with van der Waals surface area (Å²) in [7, 11) is 0. The van der Waals surface area contributed by atoms with Gasteiger partial charge < -0.3 is 43.0 Å². The highest BCUT2D eigenvalue weighted by molar-refractivity contribution is 6.31. The number of aliphatic carboxylic acids is 1. The van der Waals surface area contributed by atoms with Crippen LogP contribution in [0.1, 0.15) is 72.2 Å². The number of benzene rings is 8. The lowest BCUT2D eigenvalue weighted by atomic mass is 9.74. The van der Waals surface area contributed by atoms with Crippen LogP contribution in [0.25, 0.3) is 0 Å². The van der Waals surface area contributed by atoms with E-state index >= 15 is 0 Å². The Kier molecular flexibility index (Phi) is 19.7. The van der Waals surface area contributed by atoms with Crippen molar-refractivity contribution in [3.63, 3.8) is 0 Å². The molecule has 3 aliphatic rings. The van der Waals surface area contributed by atoms with E-state index in [4.69, 9.17) is 61.1 Å². The van der Waals surface area contributed by atoms with Crippen molar-refractivity contribution in [3.8, 4) is 0 Å². The molecule has 8 aromatic rings. The summed E-state index contributed by atoms with van der Waals surface area (Å²) in [5, 5.41) is 10.9. The van der Waals surface area contributed by atoms with Gasteiger partial charge in [-0.2, -0.15) is 0 Å². The number of esters is 2. The van der Waals surface area contributed by atoms with Crippen LogP contribution in [-0.2, 0) is 80.1 Å². The molecule has 3 heterocycles. The Bertz CT molecular complexity index is 3270. The molecule has 3 fully saturated rings. The summed E-state index contributed by atoms with van der Waals surface area (Å²) < 4.78 is 47.5. The van der Waals surface area contributed by atoms with Crippen molar-refractivity contribution >= 4 is 41.1 Å². The molecule has 0 aliphatic carbocycles. The van der Waals surface area contributed by atoms with Gasteiger partial charge in [-0.25, -0.2) is 14.4 Å². The van der Waals surface area contributed by atoms with Crippen LogP contribution in [0.5, 0.6) is 0 Å². The molecule has 0 amide bonds. The molecule has 8 aromatic carbocycles. The van der Waals surface area contributed by atoms with Crippen molar-refractivity contribution in [2.24, 2.45) is 5.92 Å². The standard InChI is InChI=1S/C25H23ClO4.C23H19ClO4.C22H26O4/c1-2-28-23(27)25(21-14-9-15-22(26)16-21)29-17-24(18-30-25,19-10-5-3-6-11-19)20-12-7-4-8-13-20;24-20-13-7-12-19(14-20)23(21(25)26)27-15-22(16-28-23,17-8-3-1-4-9-17)18-10-5-2-6-11-18;1-4-24-20(23)22(17(2)3)25-15-21(16-26-22,18-11-7-5-8-12-18)19-13-9-6-10-14-19/h3-16H,2,17-18H2,1H3;1-14H,15-16H2,(H,25,26);5-14,17H,4,15-16H2,1-3H3. The van der Waals surface area contributed by atoms with Crippen LogP contribution >= 0.6 is 23.2 Å². The maximum absolute atomic E-state index is 13.0. The van der Waals surface area contributed by atoms with Crippen molar-refractivity contribution < 1.29 is 57.4 Å². The Hall–Kier alpha value is -7.49. The molecule has 0 bridgehead atoms. The number of carboxylic acid groups (broad SMARTS) is 1. The van der Waals surface area contributed by atoms with Crippen molar-refractivity contribution in [2.45, 2.75) is 61.3 Å². The number of carboxylic acids is 1. The molecule has 0 spiro atoms. The first-order valence-corrected chi connectivity index (χ1v) is 28.7. The van der Waals surface area contributed by atoms with E-state index in [-0.39, 0.29) is 39.0 Å². The van der Waals surface area contributed by atoms with Crippen molar-refractivity contribution in [1.82, 2.24) is 0 Å². The van der Waals surface area contributed by atoms with E-state index < -0.39 is 51.5 Å². The third-order valence-corrected chi connectivity index (χ3v) is 16.1. The van der Waals surface area contributed by atoms with Crippen LogP contribution in [0, 0.1) is 5.92 Å². The topological polar surface area (TPSA) is 145 Å². The minimum absolute atomic E-state index is 0.153. The molecule has 12 nitrogen and oxygen atoms in total. The number of rotatable bonds is 14. The Labute approximate surface area is 501 Å². The largest absolute Gasteiger partial charge is 0.477 e. The highest BCUT2D eigenvalue weighted by atomic mass is 35.5. The van der Waals surface area contributed by atoms with E-state index in [0.717, 1.165) is 33.4 Å². The van der Waals surface area contributed by atoms with Gasteiger partial charge in [-0.15, -0.1) is 0 Å². The zero-order valence-corrected chi connectivity index (χ0v) is 48.9. The average molecular weight is 1170 g/mol. The van der Waals surface area contributed by atoms with Gasteiger partial charge in [-0.1, -0.05) is 243 Å². The van der Waals surface area contributed by atoms with Crippen LogP contribution in [-0.4, -0.2) is 81.7 Å². The van der Waals surface area contributed by atoms with E-state index in [1.807, 2.05) is 147 Å². The number of hydrogen-bond acceptors (Lipinski definition) is 11. The smallest absolute Gasteiger partial charge is 0.372 e. The van der Waals surface area contributed by atoms with Crippen molar-refractivity contribution in [3.05, 3.63) is 285 Å². The quantitative estimate of drug-likeness (QED) is 0.103. The Balaban J connectivity index is 0.000000152. The van der Waals surface area contributed by atoms with E-state index in [9.17, 15) is 19.5 Å². The van der Waals surface area contributed by atoms with Gasteiger partial charge >= 0.3 is 17.9 Å². The van der Waals surface area contributed by atoms with Gasteiger partial charge in [0.05, 0.1) is 69.1 Å². The minimum atomic E-state index is -1.89. The average Bonchev–Trinajstić information content (AvgIpc) is 3.72. The first kappa shape index (κ1) is 61.1. The Morgan fingerprint density at radius 2 is 0.655 bits per heavy atom. The summed E-state index contributed by atoms with van der Waals surface area (Å²) in [4.78, 5) is 37.8. The predicted octanol–water partition coefficient (Wildman–Crippen LogP) is 13.6. The van der Waals surface area contributed by atoms with E-state index in [2.05, 4.69) is 48.5 Å². The molecule has 11 rings (SSSR count). The van der Waals surface area contributed by atoms with Crippen LogP contribution in [0.4, 0.5) is 0 Å². The maximum Gasteiger partial charge on any atom is 0.372 e. The molecule has 3 aliphatic heterocycles. The van der Waals surface area contributed by atoms with E-state index in [1.54, 1.807) is 62.4 Å². The van der Waals surface area contributed by atoms with Gasteiger partial charge in [0, 0.05) is 27.1 Å². The number of ether oxygens (including phenoxy) is 8. The van der Waals surface area contributed by atoms with Crippen LogP contribution < -0.4 is 0 Å². The third-order valence-electron chi connectivity index (χ3n) is 15.7. The van der Waals surface area contributed by atoms with Crippen LogP contribution in [0.2, 0.25) is 10.0 Å². The molecule has 14 heteroatoms. The second kappa shape index (κ2) is 27.0. The van der Waals surface area contributed by atoms with Gasteiger partial charge in [-0.05, 0) is 71.5 Å². The molecular weight excluding hydrogens is 1100 g/mol. The minimum Gasteiger partial charge on any atom is -0.477 e. The Morgan fingerprint density at radius 1 is 0.393 bits per heavy atom. The fourth-order valence-corrected chi connectivity index (χ4v) is 11.4. The fourth-order valence-electron chi connectivity index (χ4n) is 11.0. The lowest BCUT2D eigenvalue weighted by molar-refractivity contribution is -0.299. The van der Waals surface area contributed by atoms with Gasteiger partial charge in [0.15, 0.2) is 0 Å². The van der Waals surface area contributed by atoms with Crippen LogP contribution in [0.3, 0.4) is 0 Å². The first-order valence-electron chi connectivity index (χ1n) is 28.0. The second-order valence-corrected chi connectivity index (χ2v) is 21.9. The Morgan fingerprint density at radius 3 is 0.929 bits per heavy atom. The van der Waals surface area contributed by atoms with Crippen LogP contribution in [0.15, 0.2) is 231 Å². The first-order chi connectivity index (χ1) is 40.7. The maximum atomic E-state index is 13.0. The second-order valence-electron chi connectivity index (χ2n) is 21.0. The highest BCUT2D eigenvalue weighted by Crippen LogP contribution is 2.46. The lowest BCUT2D eigenvalue weighted by Gasteiger charge is -2.47. The fraction of sp³-hybridized carbons (Fsp3) is 0.271. The molecule has 0 unspecified atom stereocenters. The summed E-state index contributed by atoms with van der Waals surface area (Å²) in [5.41, 5.74) is 5.58. The third kappa shape index (κ3) is 12.4. The molecule has 0 saturated carbocycles. The summed E-state index contributed by atoms with van der Waals surface area (Å²) in [6.45, 7) is 9.36. The molecule has 1 N–H and O–H groups in total. The molecule has 84 heavy (non-hydrogen) atoms. The van der Waals surface area contributed by atoms with Gasteiger partial charge in [0.1, 0.15) is 0 Å². The molecular formula is C70H68Cl2O12. The zero-order valence-electron chi connectivity index (χ0n) is 47.4. The predicted molar refractivity (Wildman–Crippen MR) is 321 cm³/mol. The summed E-state index contributed by atoms with van der Waals surface area (Å²) in [6.07, 6.45) is 0. The number of hydrogen-bond donors (Lipinski definition) is 1. The number of halogens is 2. The van der Waals surface area contributed by atoms with Crippen molar-refractivity contribution in [2.75, 3.05) is 52.9 Å². The normalized spacial score (nSPS) is 17.8. The number of carbonyl (C=O) groups excluding carboxylic acids is 2. The molecule has 3 saturated heterocycles.